The van der Waals surface area contributed by atoms with E-state index < -0.39 is 6.10 Å². The van der Waals surface area contributed by atoms with Gasteiger partial charge in [0.25, 0.3) is 0 Å². The largest absolute Gasteiger partial charge is 0.451 e. The van der Waals surface area contributed by atoms with Crippen molar-refractivity contribution in [2.45, 2.75) is 13.0 Å². The molecule has 0 bridgehead atoms. The van der Waals surface area contributed by atoms with Crippen LogP contribution in [0.4, 0.5) is 4.39 Å². The molecule has 0 aliphatic carbocycles. The molecule has 4 heteroatoms. The second-order valence-electron chi connectivity index (χ2n) is 3.55. The Labute approximate surface area is 101 Å². The first kappa shape index (κ1) is 11.4. The van der Waals surface area contributed by atoms with Gasteiger partial charge in [-0.3, -0.25) is 0 Å². The molecule has 0 aliphatic heterocycles. The molecule has 84 valence electrons. The molecule has 0 radical (unpaired) electrons. The average molecular weight is 285 g/mol. The summed E-state index contributed by atoms with van der Waals surface area (Å²) in [5, 5.41) is 10.0. The third kappa shape index (κ3) is 2.18. The molecule has 0 spiro atoms. The summed E-state index contributed by atoms with van der Waals surface area (Å²) in [5.41, 5.74) is 1.34. The van der Waals surface area contributed by atoms with E-state index in [1.165, 1.54) is 12.1 Å². The van der Waals surface area contributed by atoms with E-state index in [-0.39, 0.29) is 5.82 Å². The number of aliphatic hydroxyl groups is 1. The third-order valence-corrected chi connectivity index (χ3v) is 2.83. The maximum absolute atomic E-state index is 13.1. The van der Waals surface area contributed by atoms with Gasteiger partial charge >= 0.3 is 0 Å². The zero-order valence-electron chi connectivity index (χ0n) is 8.58. The third-order valence-electron chi connectivity index (χ3n) is 2.40. The number of aryl methyl sites for hydroxylation is 1. The molecule has 1 aromatic heterocycles. The van der Waals surface area contributed by atoms with Crippen LogP contribution >= 0.6 is 15.9 Å². The van der Waals surface area contributed by atoms with Crippen molar-refractivity contribution in [2.24, 2.45) is 0 Å². The van der Waals surface area contributed by atoms with Crippen LogP contribution in [0.3, 0.4) is 0 Å². The van der Waals surface area contributed by atoms with Gasteiger partial charge in [-0.1, -0.05) is 6.07 Å². The lowest BCUT2D eigenvalue weighted by Gasteiger charge is -2.11. The Hall–Kier alpha value is -1.13. The topological polar surface area (TPSA) is 33.4 Å². The Kier molecular flexibility index (Phi) is 3.12. The normalized spacial score (nSPS) is 12.8. The molecule has 2 rings (SSSR count). The van der Waals surface area contributed by atoms with Crippen molar-refractivity contribution in [3.05, 3.63) is 57.7 Å². The van der Waals surface area contributed by atoms with E-state index in [2.05, 4.69) is 15.9 Å². The van der Waals surface area contributed by atoms with Crippen molar-refractivity contribution in [3.8, 4) is 0 Å². The molecule has 1 heterocycles. The van der Waals surface area contributed by atoms with E-state index in [1.54, 1.807) is 18.2 Å². The number of aliphatic hydroxyl groups excluding tert-OH is 1. The van der Waals surface area contributed by atoms with Crippen molar-refractivity contribution < 1.29 is 13.9 Å². The Balaban J connectivity index is 2.40. The van der Waals surface area contributed by atoms with E-state index >= 15 is 0 Å². The van der Waals surface area contributed by atoms with Gasteiger partial charge in [-0.15, -0.1) is 0 Å². The van der Waals surface area contributed by atoms with E-state index in [0.29, 0.717) is 16.0 Å². The molecule has 0 aliphatic rings. The fourth-order valence-electron chi connectivity index (χ4n) is 1.53. The lowest BCUT2D eigenvalue weighted by Crippen LogP contribution is -2.01. The Morgan fingerprint density at radius 1 is 1.31 bits per heavy atom. The van der Waals surface area contributed by atoms with Crippen LogP contribution in [0.5, 0.6) is 0 Å². The van der Waals surface area contributed by atoms with E-state index in [1.807, 2.05) is 6.92 Å². The summed E-state index contributed by atoms with van der Waals surface area (Å²) in [7, 11) is 0. The summed E-state index contributed by atoms with van der Waals surface area (Å²) < 4.78 is 18.9. The van der Waals surface area contributed by atoms with Crippen molar-refractivity contribution in [3.63, 3.8) is 0 Å². The van der Waals surface area contributed by atoms with E-state index in [4.69, 9.17) is 4.42 Å². The first-order valence-electron chi connectivity index (χ1n) is 4.77. The zero-order valence-corrected chi connectivity index (χ0v) is 10.2. The summed E-state index contributed by atoms with van der Waals surface area (Å²) >= 11 is 3.15. The molecule has 16 heavy (non-hydrogen) atoms. The Bertz CT molecular complexity index is 507. The van der Waals surface area contributed by atoms with Crippen LogP contribution in [-0.4, -0.2) is 5.11 Å². The van der Waals surface area contributed by atoms with E-state index in [9.17, 15) is 9.50 Å². The smallest absolute Gasteiger partial charge is 0.169 e. The average Bonchev–Trinajstić information content (AvgIpc) is 2.67. The van der Waals surface area contributed by atoms with Crippen LogP contribution in [-0.2, 0) is 0 Å². The van der Waals surface area contributed by atoms with Crippen LogP contribution in [0.15, 0.2) is 39.4 Å². The monoisotopic (exact) mass is 284 g/mol. The van der Waals surface area contributed by atoms with Gasteiger partial charge in [-0.2, -0.15) is 0 Å². The van der Waals surface area contributed by atoms with Gasteiger partial charge in [-0.05, 0) is 58.2 Å². The molecule has 0 fully saturated rings. The van der Waals surface area contributed by atoms with Gasteiger partial charge < -0.3 is 9.52 Å². The first-order chi connectivity index (χ1) is 7.58. The minimum atomic E-state index is -0.943. The molecule has 1 unspecified atom stereocenters. The minimum absolute atomic E-state index is 0.370. The predicted molar refractivity (Wildman–Crippen MR) is 61.6 cm³/mol. The highest BCUT2D eigenvalue weighted by atomic mass is 79.9. The standard InChI is InChI=1S/C12H10BrFO2/c1-7-2-3-8(14)6-9(7)12(15)10-4-5-11(13)16-10/h2-6,12,15H,1H3. The van der Waals surface area contributed by atoms with E-state index in [0.717, 1.165) is 5.56 Å². The summed E-state index contributed by atoms with van der Waals surface area (Å²) in [6.45, 7) is 1.82. The minimum Gasteiger partial charge on any atom is -0.451 e. The number of benzene rings is 1. The molecule has 2 nitrogen and oxygen atoms in total. The molecule has 0 saturated carbocycles. The highest BCUT2D eigenvalue weighted by Crippen LogP contribution is 2.28. The van der Waals surface area contributed by atoms with Gasteiger partial charge in [0.15, 0.2) is 4.67 Å². The fraction of sp³-hybridized carbons (Fsp3) is 0.167. The highest BCUT2D eigenvalue weighted by molar-refractivity contribution is 9.10. The molecule has 1 atom stereocenters. The van der Waals surface area contributed by atoms with Crippen LogP contribution in [0.2, 0.25) is 0 Å². The van der Waals surface area contributed by atoms with Crippen LogP contribution in [0, 0.1) is 12.7 Å². The molecule has 2 aromatic rings. The van der Waals surface area contributed by atoms with Gasteiger partial charge in [0.2, 0.25) is 0 Å². The number of rotatable bonds is 2. The van der Waals surface area contributed by atoms with Crippen molar-refractivity contribution in [1.82, 2.24) is 0 Å². The molecule has 0 amide bonds. The number of halogens is 2. The molecule has 0 saturated heterocycles. The molecule has 1 N–H and O–H groups in total. The predicted octanol–water partition coefficient (Wildman–Crippen LogP) is 3.57. The quantitative estimate of drug-likeness (QED) is 0.915. The maximum Gasteiger partial charge on any atom is 0.169 e. The molecular formula is C12H10BrFO2. The van der Waals surface area contributed by atoms with Crippen molar-refractivity contribution >= 4 is 15.9 Å². The van der Waals surface area contributed by atoms with Crippen LogP contribution < -0.4 is 0 Å². The van der Waals surface area contributed by atoms with Gasteiger partial charge in [0.05, 0.1) is 0 Å². The highest BCUT2D eigenvalue weighted by Gasteiger charge is 2.17. The number of furan rings is 1. The van der Waals surface area contributed by atoms with Gasteiger partial charge in [0.1, 0.15) is 17.7 Å². The second-order valence-corrected chi connectivity index (χ2v) is 4.33. The summed E-state index contributed by atoms with van der Waals surface area (Å²) in [5.74, 6) is 0.0193. The lowest BCUT2D eigenvalue weighted by atomic mass is 10.0. The number of hydrogen-bond donors (Lipinski definition) is 1. The number of hydrogen-bond acceptors (Lipinski definition) is 2. The van der Waals surface area contributed by atoms with Crippen LogP contribution in [0.1, 0.15) is 23.0 Å². The van der Waals surface area contributed by atoms with Gasteiger partial charge in [0, 0.05) is 0 Å². The SMILES string of the molecule is Cc1ccc(F)cc1C(O)c1ccc(Br)o1. The molecular weight excluding hydrogens is 275 g/mol. The Morgan fingerprint density at radius 3 is 2.69 bits per heavy atom. The summed E-state index contributed by atoms with van der Waals surface area (Å²) in [6.07, 6.45) is -0.943. The zero-order chi connectivity index (χ0) is 11.7. The van der Waals surface area contributed by atoms with Crippen LogP contribution in [0.25, 0.3) is 0 Å². The second kappa shape index (κ2) is 4.39. The lowest BCUT2D eigenvalue weighted by molar-refractivity contribution is 0.186. The van der Waals surface area contributed by atoms with Crippen molar-refractivity contribution in [2.75, 3.05) is 0 Å². The summed E-state index contributed by atoms with van der Waals surface area (Å²) in [4.78, 5) is 0. The fourth-order valence-corrected chi connectivity index (χ4v) is 1.85. The Morgan fingerprint density at radius 2 is 2.06 bits per heavy atom. The van der Waals surface area contributed by atoms with Crippen molar-refractivity contribution in [1.29, 1.82) is 0 Å². The van der Waals surface area contributed by atoms with Gasteiger partial charge in [-0.25, -0.2) is 4.39 Å². The maximum atomic E-state index is 13.1. The molecule has 1 aromatic carbocycles. The summed E-state index contributed by atoms with van der Waals surface area (Å²) in [6, 6.07) is 7.65. The first-order valence-corrected chi connectivity index (χ1v) is 5.56.